The fourth-order valence-corrected chi connectivity index (χ4v) is 4.75. The molecule has 1 aromatic carbocycles. The number of amides is 1. The summed E-state index contributed by atoms with van der Waals surface area (Å²) in [4.78, 5) is 18.2. The third-order valence-corrected chi connectivity index (χ3v) is 6.31. The van der Waals surface area contributed by atoms with Crippen LogP contribution in [0.4, 0.5) is 5.69 Å². The highest BCUT2D eigenvalue weighted by molar-refractivity contribution is 7.13. The van der Waals surface area contributed by atoms with Gasteiger partial charge in [-0.1, -0.05) is 41.6 Å². The molecule has 2 bridgehead atoms. The molecule has 0 aliphatic heterocycles. The number of aromatic nitrogens is 2. The van der Waals surface area contributed by atoms with Crippen LogP contribution in [0, 0.1) is 17.8 Å². The lowest BCUT2D eigenvalue weighted by Crippen LogP contribution is -2.26. The number of nitrogens with zero attached hydrogens (tertiary/aromatic N) is 2. The molecule has 2 aliphatic rings. The zero-order valence-corrected chi connectivity index (χ0v) is 15.5. The third kappa shape index (κ3) is 3.21. The molecule has 1 saturated carbocycles. The first-order valence-corrected chi connectivity index (χ1v) is 10.1. The van der Waals surface area contributed by atoms with Gasteiger partial charge in [0.2, 0.25) is 17.6 Å². The number of carbonyl (C=O) groups excluding carboxylic acids is 1. The summed E-state index contributed by atoms with van der Waals surface area (Å²) in [5.74, 6) is 2.32. The zero-order chi connectivity index (χ0) is 18.2. The van der Waals surface area contributed by atoms with Crippen LogP contribution in [0.25, 0.3) is 10.7 Å². The monoisotopic (exact) mass is 377 g/mol. The third-order valence-electron chi connectivity index (χ3n) is 5.44. The Balaban J connectivity index is 1.32. The fraction of sp³-hybridized carbons (Fsp3) is 0.286. The number of benzene rings is 1. The van der Waals surface area contributed by atoms with Crippen molar-refractivity contribution in [1.29, 1.82) is 0 Å². The van der Waals surface area contributed by atoms with Crippen LogP contribution in [0.3, 0.4) is 0 Å². The highest BCUT2D eigenvalue weighted by Gasteiger charge is 2.39. The van der Waals surface area contributed by atoms with Crippen LogP contribution >= 0.6 is 11.3 Å². The molecular formula is C21H19N3O2S. The first-order chi connectivity index (χ1) is 13.3. The summed E-state index contributed by atoms with van der Waals surface area (Å²) in [6, 6.07) is 11.8. The van der Waals surface area contributed by atoms with Gasteiger partial charge in [0.05, 0.1) is 11.3 Å². The topological polar surface area (TPSA) is 68.0 Å². The number of fused-ring (bicyclic) bond motifs is 2. The molecule has 136 valence electrons. The molecule has 0 spiro atoms. The van der Waals surface area contributed by atoms with E-state index in [0.717, 1.165) is 29.0 Å². The van der Waals surface area contributed by atoms with E-state index in [1.165, 1.54) is 0 Å². The van der Waals surface area contributed by atoms with Crippen LogP contribution in [0.2, 0.25) is 0 Å². The van der Waals surface area contributed by atoms with Gasteiger partial charge in [-0.2, -0.15) is 4.98 Å². The van der Waals surface area contributed by atoms with Gasteiger partial charge in [0.15, 0.2) is 0 Å². The normalized spacial score (nSPS) is 23.0. The smallest absolute Gasteiger partial charge is 0.231 e. The van der Waals surface area contributed by atoms with Crippen molar-refractivity contribution in [2.75, 3.05) is 5.32 Å². The van der Waals surface area contributed by atoms with Gasteiger partial charge in [0, 0.05) is 11.6 Å². The van der Waals surface area contributed by atoms with Crippen molar-refractivity contribution >= 4 is 22.9 Å². The van der Waals surface area contributed by atoms with Gasteiger partial charge in [0.1, 0.15) is 0 Å². The highest BCUT2D eigenvalue weighted by Crippen LogP contribution is 2.43. The molecule has 1 N–H and O–H groups in total. The summed E-state index contributed by atoms with van der Waals surface area (Å²) >= 11 is 1.58. The number of para-hydroxylation sites is 1. The molecule has 5 nitrogen and oxygen atoms in total. The van der Waals surface area contributed by atoms with E-state index in [1.54, 1.807) is 11.3 Å². The van der Waals surface area contributed by atoms with Crippen LogP contribution in [0.15, 0.2) is 58.5 Å². The van der Waals surface area contributed by atoms with E-state index in [-0.39, 0.29) is 11.8 Å². The lowest BCUT2D eigenvalue weighted by molar-refractivity contribution is -0.120. The summed E-state index contributed by atoms with van der Waals surface area (Å²) < 4.78 is 5.42. The molecule has 2 aliphatic carbocycles. The molecule has 3 atom stereocenters. The van der Waals surface area contributed by atoms with Gasteiger partial charge in [-0.25, -0.2) is 0 Å². The molecule has 27 heavy (non-hydrogen) atoms. The second-order valence-corrected chi connectivity index (χ2v) is 8.15. The van der Waals surface area contributed by atoms with E-state index >= 15 is 0 Å². The van der Waals surface area contributed by atoms with E-state index in [0.29, 0.717) is 30.0 Å². The molecule has 3 unspecified atom stereocenters. The number of thiophene rings is 1. The minimum atomic E-state index is 0.0851. The van der Waals surface area contributed by atoms with Gasteiger partial charge in [0.25, 0.3) is 0 Å². The molecule has 5 rings (SSSR count). The van der Waals surface area contributed by atoms with E-state index in [4.69, 9.17) is 4.52 Å². The van der Waals surface area contributed by atoms with Crippen molar-refractivity contribution in [2.45, 2.75) is 19.3 Å². The van der Waals surface area contributed by atoms with Gasteiger partial charge in [-0.15, -0.1) is 11.3 Å². The minimum Gasteiger partial charge on any atom is -0.339 e. The van der Waals surface area contributed by atoms with Crippen LogP contribution in [0.5, 0.6) is 0 Å². The maximum atomic E-state index is 12.8. The Morgan fingerprint density at radius 2 is 2.11 bits per heavy atom. The molecule has 1 fully saturated rings. The summed E-state index contributed by atoms with van der Waals surface area (Å²) in [6.07, 6.45) is 7.03. The summed E-state index contributed by atoms with van der Waals surface area (Å²) in [7, 11) is 0. The SMILES string of the molecule is O=C(Nc1ccccc1Cc1nc(-c2cccs2)no1)C1CC2C=CC1C2. The summed E-state index contributed by atoms with van der Waals surface area (Å²) in [6.45, 7) is 0. The Kier molecular flexibility index (Phi) is 4.13. The summed E-state index contributed by atoms with van der Waals surface area (Å²) in [5, 5.41) is 9.18. The molecule has 0 radical (unpaired) electrons. The Bertz CT molecular complexity index is 993. The van der Waals surface area contributed by atoms with Gasteiger partial charge in [-0.05, 0) is 47.8 Å². The Labute approximate surface area is 161 Å². The average Bonchev–Trinajstić information content (AvgIpc) is 3.47. The molecule has 2 aromatic heterocycles. The van der Waals surface area contributed by atoms with E-state index in [2.05, 4.69) is 27.6 Å². The molecule has 6 heteroatoms. The van der Waals surface area contributed by atoms with E-state index in [9.17, 15) is 4.79 Å². The number of carbonyl (C=O) groups is 1. The lowest BCUT2D eigenvalue weighted by atomic mass is 9.92. The fourth-order valence-electron chi connectivity index (χ4n) is 4.10. The standard InChI is InChI=1S/C21H19N3O2S/c25-21(16-11-13-7-8-14(16)10-13)22-17-5-2-1-4-15(17)12-19-23-20(24-26-19)18-6-3-9-27-18/h1-9,13-14,16H,10-12H2,(H,22,25). The van der Waals surface area contributed by atoms with Crippen molar-refractivity contribution in [2.24, 2.45) is 17.8 Å². The zero-order valence-electron chi connectivity index (χ0n) is 14.7. The maximum absolute atomic E-state index is 12.8. The van der Waals surface area contributed by atoms with Gasteiger partial charge in [-0.3, -0.25) is 4.79 Å². The molecule has 3 aromatic rings. The van der Waals surface area contributed by atoms with E-state index in [1.807, 2.05) is 41.8 Å². The Morgan fingerprint density at radius 1 is 1.19 bits per heavy atom. The average molecular weight is 377 g/mol. The minimum absolute atomic E-state index is 0.0851. The first-order valence-electron chi connectivity index (χ1n) is 9.20. The number of hydrogen-bond acceptors (Lipinski definition) is 5. The van der Waals surface area contributed by atoms with E-state index < -0.39 is 0 Å². The number of anilines is 1. The van der Waals surface area contributed by atoms with Crippen LogP contribution in [-0.2, 0) is 11.2 Å². The first kappa shape index (κ1) is 16.4. The second kappa shape index (κ2) is 6.78. The van der Waals surface area contributed by atoms with Crippen LogP contribution < -0.4 is 5.32 Å². The Morgan fingerprint density at radius 3 is 2.89 bits per heavy atom. The predicted molar refractivity (Wildman–Crippen MR) is 104 cm³/mol. The molecule has 1 amide bonds. The summed E-state index contributed by atoms with van der Waals surface area (Å²) in [5.41, 5.74) is 1.80. The van der Waals surface area contributed by atoms with Crippen molar-refractivity contribution in [3.05, 3.63) is 65.4 Å². The molecule has 0 saturated heterocycles. The number of allylic oxidation sites excluding steroid dienone is 2. The lowest BCUT2D eigenvalue weighted by Gasteiger charge is -2.18. The second-order valence-electron chi connectivity index (χ2n) is 7.20. The van der Waals surface area contributed by atoms with Crippen molar-refractivity contribution in [3.63, 3.8) is 0 Å². The van der Waals surface area contributed by atoms with Crippen LogP contribution in [-0.4, -0.2) is 16.0 Å². The number of hydrogen-bond donors (Lipinski definition) is 1. The number of nitrogens with one attached hydrogen (secondary N) is 1. The quantitative estimate of drug-likeness (QED) is 0.663. The predicted octanol–water partition coefficient (Wildman–Crippen LogP) is 4.54. The maximum Gasteiger partial charge on any atom is 0.231 e. The molecule has 2 heterocycles. The van der Waals surface area contributed by atoms with Gasteiger partial charge < -0.3 is 9.84 Å². The van der Waals surface area contributed by atoms with Crippen molar-refractivity contribution < 1.29 is 9.32 Å². The van der Waals surface area contributed by atoms with Gasteiger partial charge >= 0.3 is 0 Å². The Hall–Kier alpha value is -2.73. The molecular weight excluding hydrogens is 358 g/mol. The highest BCUT2D eigenvalue weighted by atomic mass is 32.1. The van der Waals surface area contributed by atoms with Crippen molar-refractivity contribution in [1.82, 2.24) is 10.1 Å². The number of rotatable bonds is 5. The van der Waals surface area contributed by atoms with Crippen LogP contribution in [0.1, 0.15) is 24.3 Å². The van der Waals surface area contributed by atoms with Crippen molar-refractivity contribution in [3.8, 4) is 10.7 Å². The largest absolute Gasteiger partial charge is 0.339 e.